The number of alkyl halides is 6. The fraction of sp³-hybridized carbons (Fsp3) is 0.0769. The Hall–Kier alpha value is -3.78. The van der Waals surface area contributed by atoms with Crippen LogP contribution in [0.4, 0.5) is 60.5 Å². The zero-order valence-electron chi connectivity index (χ0n) is 17.5. The maximum Gasteiger partial charge on any atom is 0.416 e. The highest BCUT2D eigenvalue weighted by Crippen LogP contribution is 2.45. The Morgan fingerprint density at radius 2 is 0.912 bits per heavy atom. The average Bonchev–Trinajstić information content (AvgIpc) is 2.81. The van der Waals surface area contributed by atoms with Gasteiger partial charge in [-0.2, -0.15) is 26.3 Å². The number of benzene rings is 4. The van der Waals surface area contributed by atoms with E-state index >= 15 is 0 Å². The van der Waals surface area contributed by atoms with Crippen molar-refractivity contribution in [3.63, 3.8) is 0 Å². The zero-order chi connectivity index (χ0) is 24.1. The highest BCUT2D eigenvalue weighted by atomic mass is 19.4. The molecule has 8 heteroatoms. The topological polar surface area (TPSA) is 7.68 Å². The molecule has 0 bridgehead atoms. The lowest BCUT2D eigenvalue weighted by molar-refractivity contribution is -0.681. The molecule has 4 aromatic carbocycles. The van der Waals surface area contributed by atoms with Crippen molar-refractivity contribution in [2.45, 2.75) is 12.4 Å². The van der Waals surface area contributed by atoms with E-state index in [2.05, 4.69) is 0 Å². The third kappa shape index (κ3) is 3.80. The normalized spacial score (nSPS) is 14.0. The Kier molecular flexibility index (Phi) is 5.13. The highest BCUT2D eigenvalue weighted by Gasteiger charge is 2.37. The first-order valence-corrected chi connectivity index (χ1v) is 10.4. The molecule has 2 nitrogen and oxygen atoms in total. The van der Waals surface area contributed by atoms with Crippen molar-refractivity contribution in [3.8, 4) is 0 Å². The van der Waals surface area contributed by atoms with Gasteiger partial charge < -0.3 is 0 Å². The molecule has 0 atom stereocenters. The number of fused-ring (bicyclic) bond motifs is 2. The van der Waals surface area contributed by atoms with E-state index in [1.807, 2.05) is 53.4 Å². The zero-order valence-corrected chi connectivity index (χ0v) is 17.5. The lowest BCUT2D eigenvalue weighted by atomic mass is 10.0. The second kappa shape index (κ2) is 7.92. The number of halogens is 6. The molecule has 0 saturated heterocycles. The monoisotopic (exact) mass is 471 g/mol. The summed E-state index contributed by atoms with van der Waals surface area (Å²) in [5.74, 6) is 0. The van der Waals surface area contributed by atoms with Gasteiger partial charge in [-0.15, -0.1) is 0 Å². The summed E-state index contributed by atoms with van der Waals surface area (Å²) in [6.45, 7) is 0. The van der Waals surface area contributed by atoms with Gasteiger partial charge in [-0.05, 0) is 48.5 Å². The Labute approximate surface area is 191 Å². The van der Waals surface area contributed by atoms with Gasteiger partial charge in [0, 0.05) is 30.0 Å². The third-order valence-electron chi connectivity index (χ3n) is 5.78. The van der Waals surface area contributed by atoms with Crippen LogP contribution in [0.25, 0.3) is 0 Å². The smallest absolute Gasteiger partial charge is 0.300 e. The summed E-state index contributed by atoms with van der Waals surface area (Å²) in [5, 5.41) is 0. The molecule has 0 unspecified atom stereocenters. The van der Waals surface area contributed by atoms with Gasteiger partial charge in [0.05, 0.1) is 11.1 Å². The lowest BCUT2D eigenvalue weighted by Gasteiger charge is -2.35. The van der Waals surface area contributed by atoms with Crippen LogP contribution in [-0.4, -0.2) is 0 Å². The first-order chi connectivity index (χ1) is 16.1. The molecule has 5 rings (SSSR count). The fourth-order valence-electron chi connectivity index (χ4n) is 4.25. The van der Waals surface area contributed by atoms with Gasteiger partial charge in [0.15, 0.2) is 11.4 Å². The maximum atomic E-state index is 13.1. The van der Waals surface area contributed by atoms with Gasteiger partial charge in [0.1, 0.15) is 17.1 Å². The summed E-state index contributed by atoms with van der Waals surface area (Å²) in [4.78, 5) is 2.61. The minimum absolute atomic E-state index is 0.541. The second-order valence-corrected chi connectivity index (χ2v) is 7.86. The van der Waals surface area contributed by atoms with Crippen LogP contribution < -0.4 is 9.80 Å². The van der Waals surface area contributed by atoms with E-state index < -0.39 is 23.5 Å². The SMILES string of the molecule is FC(F)(F)c1ccc(N2c3ccccc3[NH+](c3ccc(C(F)(F)F)cc3)c3ccccc32)cc1. The van der Waals surface area contributed by atoms with Crippen molar-refractivity contribution >= 4 is 34.1 Å². The Morgan fingerprint density at radius 3 is 1.35 bits per heavy atom. The van der Waals surface area contributed by atoms with Crippen LogP contribution in [0.1, 0.15) is 11.1 Å². The predicted molar refractivity (Wildman–Crippen MR) is 118 cm³/mol. The summed E-state index contributed by atoms with van der Waals surface area (Å²) >= 11 is 0. The number of rotatable bonds is 2. The molecular weight excluding hydrogens is 454 g/mol. The molecule has 0 radical (unpaired) electrons. The van der Waals surface area contributed by atoms with Crippen LogP contribution in [0.2, 0.25) is 0 Å². The number of hydrogen-bond acceptors (Lipinski definition) is 1. The minimum Gasteiger partial charge on any atom is -0.300 e. The average molecular weight is 471 g/mol. The van der Waals surface area contributed by atoms with Crippen molar-refractivity contribution in [2.75, 3.05) is 4.90 Å². The molecule has 172 valence electrons. The summed E-state index contributed by atoms with van der Waals surface area (Å²) in [7, 11) is 0. The molecule has 1 heterocycles. The van der Waals surface area contributed by atoms with Crippen molar-refractivity contribution < 1.29 is 31.2 Å². The van der Waals surface area contributed by atoms with Gasteiger partial charge in [0.25, 0.3) is 0 Å². The number of nitrogens with one attached hydrogen (secondary N) is 1. The summed E-state index contributed by atoms with van der Waals surface area (Å²) < 4.78 is 78.6. The van der Waals surface area contributed by atoms with Crippen LogP contribution >= 0.6 is 0 Å². The largest absolute Gasteiger partial charge is 0.416 e. The molecule has 4 aromatic rings. The molecule has 1 N–H and O–H groups in total. The van der Waals surface area contributed by atoms with Crippen LogP contribution in [0.3, 0.4) is 0 Å². The summed E-state index contributed by atoms with van der Waals surface area (Å²) in [6.07, 6.45) is -8.88. The predicted octanol–water partition coefficient (Wildman–Crippen LogP) is 7.69. The highest BCUT2D eigenvalue weighted by molar-refractivity contribution is 5.89. The van der Waals surface area contributed by atoms with Crippen molar-refractivity contribution in [1.29, 1.82) is 0 Å². The van der Waals surface area contributed by atoms with Gasteiger partial charge >= 0.3 is 12.4 Å². The number of anilines is 3. The quantitative estimate of drug-likeness (QED) is 0.260. The van der Waals surface area contributed by atoms with E-state index in [-0.39, 0.29) is 0 Å². The van der Waals surface area contributed by atoms with E-state index in [4.69, 9.17) is 0 Å². The van der Waals surface area contributed by atoms with E-state index in [9.17, 15) is 26.3 Å². The van der Waals surface area contributed by atoms with Crippen LogP contribution in [-0.2, 0) is 12.4 Å². The molecule has 0 spiro atoms. The Morgan fingerprint density at radius 1 is 0.500 bits per heavy atom. The minimum atomic E-state index is -4.44. The number of para-hydroxylation sites is 4. The first kappa shape index (κ1) is 22.0. The lowest BCUT2D eigenvalue weighted by Crippen LogP contribution is -2.97. The van der Waals surface area contributed by atoms with E-state index in [0.717, 1.165) is 51.9 Å². The number of quaternary nitrogens is 1. The van der Waals surface area contributed by atoms with Gasteiger partial charge in [-0.25, -0.2) is 4.90 Å². The van der Waals surface area contributed by atoms with E-state index in [1.54, 1.807) is 0 Å². The van der Waals surface area contributed by atoms with Crippen molar-refractivity contribution in [2.24, 2.45) is 0 Å². The molecule has 0 amide bonds. The van der Waals surface area contributed by atoms with Gasteiger partial charge in [-0.1, -0.05) is 24.3 Å². The second-order valence-electron chi connectivity index (χ2n) is 7.86. The standard InChI is InChI=1S/C26H16F6N2/c27-25(28,29)17-9-13-19(14-10-17)33-21-5-1-2-6-22(21)34(24-8-4-3-7-23(24)33)20-15-11-18(12-16-20)26(30,31)32/h1-16H/p+1. The van der Waals surface area contributed by atoms with Crippen LogP contribution in [0.5, 0.6) is 0 Å². The molecule has 0 fully saturated rings. The molecular formula is C26H17F6N2+. The van der Waals surface area contributed by atoms with E-state index in [0.29, 0.717) is 11.4 Å². The molecule has 1 aliphatic heterocycles. The fourth-order valence-corrected chi connectivity index (χ4v) is 4.25. The molecule has 1 aliphatic rings. The Balaban J connectivity index is 1.66. The van der Waals surface area contributed by atoms with Crippen LogP contribution in [0.15, 0.2) is 97.1 Å². The van der Waals surface area contributed by atoms with Gasteiger partial charge in [0.2, 0.25) is 0 Å². The molecule has 0 saturated carbocycles. The maximum absolute atomic E-state index is 13.1. The van der Waals surface area contributed by atoms with Crippen molar-refractivity contribution in [3.05, 3.63) is 108 Å². The number of hydrogen-bond donors (Lipinski definition) is 1. The summed E-state index contributed by atoms with van der Waals surface area (Å²) in [6, 6.07) is 24.6. The van der Waals surface area contributed by atoms with Crippen molar-refractivity contribution in [1.82, 2.24) is 0 Å². The van der Waals surface area contributed by atoms with Crippen LogP contribution in [0, 0.1) is 0 Å². The van der Waals surface area contributed by atoms with Gasteiger partial charge in [-0.3, -0.25) is 4.90 Å². The molecule has 0 aromatic heterocycles. The Bertz CT molecular complexity index is 1170. The number of nitrogens with zero attached hydrogens (tertiary/aromatic N) is 1. The molecule has 0 aliphatic carbocycles. The third-order valence-corrected chi connectivity index (χ3v) is 5.78. The van der Waals surface area contributed by atoms with E-state index in [1.165, 1.54) is 24.3 Å². The molecule has 34 heavy (non-hydrogen) atoms. The first-order valence-electron chi connectivity index (χ1n) is 10.4. The summed E-state index contributed by atoms with van der Waals surface area (Å²) in [5.41, 5.74) is 2.64.